The minimum Gasteiger partial charge on any atom is -0.469 e. The summed E-state index contributed by atoms with van der Waals surface area (Å²) in [7, 11) is 2.37. The number of methoxy groups -OCH3 is 2. The van der Waals surface area contributed by atoms with Gasteiger partial charge in [0.1, 0.15) is 18.1 Å². The van der Waals surface area contributed by atoms with Gasteiger partial charge in [0, 0.05) is 43.7 Å². The van der Waals surface area contributed by atoms with E-state index in [1.807, 2.05) is 0 Å². The summed E-state index contributed by atoms with van der Waals surface area (Å²) in [6, 6.07) is 8.85. The molecule has 0 aromatic heterocycles. The molecule has 0 radical (unpaired) electrons. The smallest absolute Gasteiger partial charge is 0.469 e. The van der Waals surface area contributed by atoms with Crippen molar-refractivity contribution in [1.29, 1.82) is 0 Å². The van der Waals surface area contributed by atoms with E-state index in [0.29, 0.717) is 0 Å². The number of carbonyl (C=O) groups excluding carboxylic acids is 6. The molecule has 2 aromatic rings. The lowest BCUT2D eigenvalue weighted by Gasteiger charge is -2.42. The SMILES string of the molecule is C#CCNC(=O)[C@@H](CCC(=O)OC)CC(=O)c1cc(COC(=O)Oc2ccc([N+](=O)[O-])cc2)ccc1O[C@@H]1O[C@H](C(=O)OC)[C@@H](C)[C@H](C)[C@H]1OC(C)=O. The molecule has 284 valence electrons. The molecule has 17 heteroatoms. The van der Waals surface area contributed by atoms with Gasteiger partial charge in [-0.25, -0.2) is 9.59 Å². The average molecular weight is 741 g/mol. The molecule has 1 aliphatic rings. The standard InChI is InChI=1S/C36H40N2O15/c1-7-16-37-33(42)24(9-15-30(41)47-5)18-28(40)27-17-23(19-49-36(44)51-26-12-10-25(11-13-26)38(45)46)8-14-29(27)52-35-32(50-22(4)39)21(3)20(2)31(53-35)34(43)48-6/h1,8,10-14,17,20-21,24,31-32,35H,9,15-16,18-19H2,2-6H3,(H,37,42)/t20-,21-,24-,31-,32+,35+/m0/s1. The minimum atomic E-state index is -1.41. The molecule has 0 saturated carbocycles. The van der Waals surface area contributed by atoms with Gasteiger partial charge in [-0.05, 0) is 42.2 Å². The number of hydrogen-bond acceptors (Lipinski definition) is 15. The molecule has 0 unspecified atom stereocenters. The molecule has 0 spiro atoms. The summed E-state index contributed by atoms with van der Waals surface area (Å²) in [6.07, 6.45) is -0.133. The lowest BCUT2D eigenvalue weighted by Crippen LogP contribution is -2.55. The number of carbonyl (C=O) groups is 6. The highest BCUT2D eigenvalue weighted by Gasteiger charge is 2.48. The summed E-state index contributed by atoms with van der Waals surface area (Å²) < 4.78 is 37.5. The van der Waals surface area contributed by atoms with Crippen LogP contribution in [0, 0.1) is 40.2 Å². The zero-order chi connectivity index (χ0) is 39.2. The number of terminal acetylenes is 1. The number of nitrogens with one attached hydrogen (secondary N) is 1. The van der Waals surface area contributed by atoms with Gasteiger partial charge in [0.2, 0.25) is 12.2 Å². The summed E-state index contributed by atoms with van der Waals surface area (Å²) in [5, 5.41) is 13.4. The molecule has 1 fully saturated rings. The topological polar surface area (TPSA) is 222 Å². The Balaban J connectivity index is 1.96. The third-order valence-corrected chi connectivity index (χ3v) is 8.39. The van der Waals surface area contributed by atoms with Gasteiger partial charge in [-0.3, -0.25) is 29.3 Å². The molecule has 3 rings (SSSR count). The van der Waals surface area contributed by atoms with E-state index in [-0.39, 0.29) is 47.7 Å². The Morgan fingerprint density at radius 1 is 1.02 bits per heavy atom. The maximum Gasteiger partial charge on any atom is 0.514 e. The molecular formula is C36H40N2O15. The highest BCUT2D eigenvalue weighted by molar-refractivity contribution is 6.01. The van der Waals surface area contributed by atoms with E-state index in [0.717, 1.165) is 12.1 Å². The second-order valence-electron chi connectivity index (χ2n) is 11.9. The number of hydrogen-bond donors (Lipinski definition) is 1. The van der Waals surface area contributed by atoms with Crippen LogP contribution in [0.5, 0.6) is 11.5 Å². The summed E-state index contributed by atoms with van der Waals surface area (Å²) in [6.45, 7) is 4.09. The molecule has 1 saturated heterocycles. The quantitative estimate of drug-likeness (QED) is 0.0493. The number of rotatable bonds is 16. The lowest BCUT2D eigenvalue weighted by molar-refractivity contribution is -0.384. The van der Waals surface area contributed by atoms with Gasteiger partial charge in [-0.2, -0.15) is 0 Å². The molecule has 0 bridgehead atoms. The van der Waals surface area contributed by atoms with Gasteiger partial charge in [0.15, 0.2) is 18.0 Å². The van der Waals surface area contributed by atoms with E-state index >= 15 is 0 Å². The van der Waals surface area contributed by atoms with Gasteiger partial charge in [0.05, 0.1) is 31.3 Å². The highest BCUT2D eigenvalue weighted by Crippen LogP contribution is 2.36. The Morgan fingerprint density at radius 3 is 2.32 bits per heavy atom. The van der Waals surface area contributed by atoms with Gasteiger partial charge >= 0.3 is 24.1 Å². The summed E-state index contributed by atoms with van der Waals surface area (Å²) in [5.41, 5.74) is -0.0673. The Bertz CT molecular complexity index is 1720. The van der Waals surface area contributed by atoms with Crippen LogP contribution < -0.4 is 14.8 Å². The fourth-order valence-corrected chi connectivity index (χ4v) is 5.36. The first-order valence-corrected chi connectivity index (χ1v) is 16.3. The fraction of sp³-hybridized carbons (Fsp3) is 0.444. The highest BCUT2D eigenvalue weighted by atomic mass is 16.7. The van der Waals surface area contributed by atoms with Crippen molar-refractivity contribution < 1.29 is 66.8 Å². The average Bonchev–Trinajstić information content (AvgIpc) is 3.14. The van der Waals surface area contributed by atoms with Crippen LogP contribution in [0.15, 0.2) is 42.5 Å². The molecule has 53 heavy (non-hydrogen) atoms. The van der Waals surface area contributed by atoms with Gasteiger partial charge in [0.25, 0.3) is 5.69 Å². The first kappa shape index (κ1) is 41.4. The van der Waals surface area contributed by atoms with Crippen LogP contribution in [-0.2, 0) is 49.5 Å². The van der Waals surface area contributed by atoms with Crippen molar-refractivity contribution in [3.8, 4) is 23.8 Å². The number of esters is 3. The van der Waals surface area contributed by atoms with Crippen LogP contribution in [-0.4, -0.2) is 79.9 Å². The fourth-order valence-electron chi connectivity index (χ4n) is 5.36. The first-order chi connectivity index (χ1) is 25.2. The molecule has 1 aliphatic heterocycles. The maximum atomic E-state index is 14.0. The number of amides is 1. The number of ether oxygens (including phenoxy) is 7. The molecule has 0 aliphatic carbocycles. The van der Waals surface area contributed by atoms with Crippen LogP contribution in [0.4, 0.5) is 10.5 Å². The van der Waals surface area contributed by atoms with E-state index in [4.69, 9.17) is 34.8 Å². The number of nitro benzene ring substituents is 1. The van der Waals surface area contributed by atoms with Crippen molar-refractivity contribution in [2.75, 3.05) is 20.8 Å². The van der Waals surface area contributed by atoms with Crippen molar-refractivity contribution >= 4 is 41.4 Å². The first-order valence-electron chi connectivity index (χ1n) is 16.3. The molecule has 1 amide bonds. The molecule has 17 nitrogen and oxygen atoms in total. The van der Waals surface area contributed by atoms with E-state index in [1.54, 1.807) is 13.8 Å². The van der Waals surface area contributed by atoms with E-state index in [9.17, 15) is 38.9 Å². The Hall–Kier alpha value is -6.02. The van der Waals surface area contributed by atoms with Crippen molar-refractivity contribution in [2.24, 2.45) is 17.8 Å². The number of Topliss-reactive ketones (excluding diaryl/α,β-unsaturated/α-hetero) is 1. The van der Waals surface area contributed by atoms with Crippen LogP contribution in [0.2, 0.25) is 0 Å². The molecule has 6 atom stereocenters. The summed E-state index contributed by atoms with van der Waals surface area (Å²) >= 11 is 0. The van der Waals surface area contributed by atoms with Crippen molar-refractivity contribution in [3.63, 3.8) is 0 Å². The number of ketones is 1. The summed E-state index contributed by atoms with van der Waals surface area (Å²) in [5.74, 6) is -3.05. The van der Waals surface area contributed by atoms with Gasteiger partial charge in [-0.15, -0.1) is 6.42 Å². The van der Waals surface area contributed by atoms with E-state index < -0.39 is 90.0 Å². The zero-order valence-electron chi connectivity index (χ0n) is 29.7. The van der Waals surface area contributed by atoms with Crippen molar-refractivity contribution in [3.05, 3.63) is 63.7 Å². The molecule has 1 heterocycles. The number of nitro groups is 1. The van der Waals surface area contributed by atoms with E-state index in [2.05, 4.69) is 16.0 Å². The third kappa shape index (κ3) is 11.8. The Labute approximate surface area is 304 Å². The number of nitrogens with zero attached hydrogens (tertiary/aromatic N) is 1. The van der Waals surface area contributed by atoms with Gasteiger partial charge in [-0.1, -0.05) is 25.8 Å². The van der Waals surface area contributed by atoms with Crippen LogP contribution >= 0.6 is 0 Å². The number of non-ortho nitro benzene ring substituents is 1. The number of benzene rings is 2. The third-order valence-electron chi connectivity index (χ3n) is 8.39. The van der Waals surface area contributed by atoms with Crippen LogP contribution in [0.1, 0.15) is 56.0 Å². The monoisotopic (exact) mass is 740 g/mol. The lowest BCUT2D eigenvalue weighted by atomic mass is 9.83. The van der Waals surface area contributed by atoms with Crippen LogP contribution in [0.25, 0.3) is 0 Å². The Kier molecular flexibility index (Phi) is 15.3. The van der Waals surface area contributed by atoms with Crippen molar-refractivity contribution in [2.45, 2.75) is 65.1 Å². The summed E-state index contributed by atoms with van der Waals surface area (Å²) in [4.78, 5) is 86.4. The second-order valence-corrected chi connectivity index (χ2v) is 11.9. The largest absolute Gasteiger partial charge is 0.514 e. The predicted molar refractivity (Wildman–Crippen MR) is 181 cm³/mol. The second kappa shape index (κ2) is 19.6. The molecule has 1 N–H and O–H groups in total. The molecular weight excluding hydrogens is 700 g/mol. The zero-order valence-corrected chi connectivity index (χ0v) is 29.7. The van der Waals surface area contributed by atoms with E-state index in [1.165, 1.54) is 51.5 Å². The minimum absolute atomic E-state index is 0.0232. The Morgan fingerprint density at radius 2 is 1.72 bits per heavy atom. The van der Waals surface area contributed by atoms with Gasteiger partial charge < -0.3 is 38.5 Å². The van der Waals surface area contributed by atoms with Crippen LogP contribution in [0.3, 0.4) is 0 Å². The van der Waals surface area contributed by atoms with Crippen molar-refractivity contribution in [1.82, 2.24) is 5.32 Å². The molecule has 2 aromatic carbocycles. The maximum absolute atomic E-state index is 14.0. The normalized spacial score (nSPS) is 19.7. The predicted octanol–water partition coefficient (Wildman–Crippen LogP) is 3.68.